The van der Waals surface area contributed by atoms with Crippen molar-refractivity contribution in [1.29, 1.82) is 5.26 Å². The van der Waals surface area contributed by atoms with Gasteiger partial charge in [-0.2, -0.15) is 16.6 Å². The molecule has 0 atom stereocenters. The Kier molecular flexibility index (Phi) is 2.24. The number of hydrogen-bond donors (Lipinski definition) is 1. The van der Waals surface area contributed by atoms with E-state index in [1.807, 2.05) is 24.3 Å². The van der Waals surface area contributed by atoms with Crippen molar-refractivity contribution in [3.05, 3.63) is 46.2 Å². The number of H-pyrrole nitrogens is 1. The van der Waals surface area contributed by atoms with Crippen molar-refractivity contribution >= 4 is 22.2 Å². The van der Waals surface area contributed by atoms with Gasteiger partial charge < -0.3 is 4.98 Å². The second kappa shape index (κ2) is 3.76. The number of hydrogen-bond acceptors (Lipinski definition) is 2. The smallest absolute Gasteiger partial charge is 0.102 e. The van der Waals surface area contributed by atoms with Gasteiger partial charge in [0.15, 0.2) is 0 Å². The molecule has 0 saturated heterocycles. The van der Waals surface area contributed by atoms with E-state index in [4.69, 9.17) is 0 Å². The lowest BCUT2D eigenvalue weighted by Crippen LogP contribution is -1.80. The van der Waals surface area contributed by atoms with Crippen LogP contribution >= 0.6 is 11.3 Å². The number of thiophene rings is 1. The highest BCUT2D eigenvalue weighted by Crippen LogP contribution is 2.33. The summed E-state index contributed by atoms with van der Waals surface area (Å²) in [6, 6.07) is 10.2. The number of aromatic nitrogens is 1. The van der Waals surface area contributed by atoms with Gasteiger partial charge in [-0.1, -0.05) is 18.2 Å². The predicted octanol–water partition coefficient (Wildman–Crippen LogP) is 4.08. The van der Waals surface area contributed by atoms with E-state index >= 15 is 0 Å². The fraction of sp³-hybridized carbons (Fsp3) is 0.0714. The molecule has 0 aliphatic rings. The monoisotopic (exact) mass is 238 g/mol. The summed E-state index contributed by atoms with van der Waals surface area (Å²) >= 11 is 1.66. The van der Waals surface area contributed by atoms with Crippen LogP contribution < -0.4 is 0 Å². The van der Waals surface area contributed by atoms with Gasteiger partial charge in [0.05, 0.1) is 11.3 Å². The number of fused-ring (bicyclic) bond motifs is 1. The minimum Gasteiger partial charge on any atom is -0.353 e. The van der Waals surface area contributed by atoms with E-state index in [1.54, 1.807) is 11.3 Å². The summed E-state index contributed by atoms with van der Waals surface area (Å²) in [5, 5.41) is 14.5. The third-order valence-electron chi connectivity index (χ3n) is 2.94. The molecule has 2 heterocycles. The molecule has 82 valence electrons. The number of para-hydroxylation sites is 1. The Labute approximate surface area is 103 Å². The molecule has 3 rings (SSSR count). The molecule has 0 radical (unpaired) electrons. The maximum atomic E-state index is 9.33. The van der Waals surface area contributed by atoms with Crippen LogP contribution in [0.4, 0.5) is 0 Å². The van der Waals surface area contributed by atoms with E-state index in [2.05, 4.69) is 28.7 Å². The van der Waals surface area contributed by atoms with E-state index in [9.17, 15) is 5.26 Å². The zero-order valence-electron chi connectivity index (χ0n) is 9.32. The van der Waals surface area contributed by atoms with Gasteiger partial charge in [0.2, 0.25) is 0 Å². The summed E-state index contributed by atoms with van der Waals surface area (Å²) in [6.07, 6.45) is 0. The van der Waals surface area contributed by atoms with Gasteiger partial charge in [0.25, 0.3) is 0 Å². The summed E-state index contributed by atoms with van der Waals surface area (Å²) in [5.74, 6) is 0. The van der Waals surface area contributed by atoms with E-state index in [0.29, 0.717) is 0 Å². The summed E-state index contributed by atoms with van der Waals surface area (Å²) in [4.78, 5) is 3.34. The van der Waals surface area contributed by atoms with Crippen LogP contribution in [0.15, 0.2) is 35.0 Å². The molecule has 2 aromatic heterocycles. The van der Waals surface area contributed by atoms with Gasteiger partial charge in [-0.25, -0.2) is 0 Å². The average Bonchev–Trinajstić information content (AvgIpc) is 2.91. The fourth-order valence-corrected chi connectivity index (χ4v) is 2.92. The molecule has 3 heteroatoms. The molecule has 1 aromatic carbocycles. The van der Waals surface area contributed by atoms with Gasteiger partial charge >= 0.3 is 0 Å². The van der Waals surface area contributed by atoms with E-state index in [0.717, 1.165) is 27.7 Å². The molecule has 0 amide bonds. The van der Waals surface area contributed by atoms with Crippen LogP contribution in [0.3, 0.4) is 0 Å². The number of aryl methyl sites for hydroxylation is 1. The molecule has 1 N–H and O–H groups in total. The van der Waals surface area contributed by atoms with Gasteiger partial charge in [-0.3, -0.25) is 0 Å². The maximum absolute atomic E-state index is 9.33. The van der Waals surface area contributed by atoms with Crippen molar-refractivity contribution in [2.24, 2.45) is 0 Å². The quantitative estimate of drug-likeness (QED) is 0.681. The van der Waals surface area contributed by atoms with Crippen molar-refractivity contribution in [2.75, 3.05) is 0 Å². The van der Waals surface area contributed by atoms with E-state index in [-0.39, 0.29) is 0 Å². The van der Waals surface area contributed by atoms with E-state index in [1.165, 1.54) is 5.56 Å². The number of benzene rings is 1. The normalized spacial score (nSPS) is 10.6. The summed E-state index contributed by atoms with van der Waals surface area (Å²) in [6.45, 7) is 2.07. The molecular formula is C14H10N2S. The van der Waals surface area contributed by atoms with Gasteiger partial charge in [-0.15, -0.1) is 0 Å². The Bertz CT molecular complexity index is 728. The largest absolute Gasteiger partial charge is 0.353 e. The zero-order valence-corrected chi connectivity index (χ0v) is 10.1. The molecule has 0 aliphatic carbocycles. The lowest BCUT2D eigenvalue weighted by Gasteiger charge is -1.96. The first-order chi connectivity index (χ1) is 8.31. The van der Waals surface area contributed by atoms with Crippen molar-refractivity contribution < 1.29 is 0 Å². The zero-order chi connectivity index (χ0) is 11.8. The number of nitrogens with one attached hydrogen (secondary N) is 1. The lowest BCUT2D eigenvalue weighted by molar-refractivity contribution is 1.41. The molecule has 0 fully saturated rings. The molecule has 3 aromatic rings. The Hall–Kier alpha value is -2.05. The topological polar surface area (TPSA) is 39.6 Å². The minimum absolute atomic E-state index is 0.738. The molecule has 17 heavy (non-hydrogen) atoms. The first-order valence-corrected chi connectivity index (χ1v) is 6.29. The number of rotatable bonds is 1. The maximum Gasteiger partial charge on any atom is 0.102 e. The van der Waals surface area contributed by atoms with Crippen molar-refractivity contribution in [1.82, 2.24) is 4.98 Å². The molecular weight excluding hydrogens is 228 g/mol. The second-order valence-electron chi connectivity index (χ2n) is 4.00. The average molecular weight is 238 g/mol. The van der Waals surface area contributed by atoms with Gasteiger partial charge in [0, 0.05) is 21.8 Å². The molecule has 0 spiro atoms. The van der Waals surface area contributed by atoms with Gasteiger partial charge in [0.1, 0.15) is 6.07 Å². The van der Waals surface area contributed by atoms with Crippen LogP contribution in [-0.4, -0.2) is 4.98 Å². The molecule has 2 nitrogen and oxygen atoms in total. The standard InChI is InChI=1S/C14H10N2S/c1-9-7-17-8-12(9)14-11(6-15)10-4-2-3-5-13(10)16-14/h2-5,7-8,16H,1H3. The van der Waals surface area contributed by atoms with Gasteiger partial charge in [-0.05, 0) is 23.9 Å². The molecule has 0 unspecified atom stereocenters. The van der Waals surface area contributed by atoms with Crippen LogP contribution in [0.5, 0.6) is 0 Å². The second-order valence-corrected chi connectivity index (χ2v) is 4.74. The number of nitriles is 1. The SMILES string of the molecule is Cc1cscc1-c1[nH]c2ccccc2c1C#N. The molecule has 0 bridgehead atoms. The Morgan fingerprint density at radius 2 is 2.06 bits per heavy atom. The summed E-state index contributed by atoms with van der Waals surface area (Å²) in [7, 11) is 0. The van der Waals surface area contributed by atoms with Crippen LogP contribution in [0.25, 0.3) is 22.2 Å². The third kappa shape index (κ3) is 1.46. The van der Waals surface area contributed by atoms with Crippen LogP contribution in [0.1, 0.15) is 11.1 Å². The van der Waals surface area contributed by atoms with Crippen LogP contribution in [0, 0.1) is 18.3 Å². The Morgan fingerprint density at radius 3 is 2.76 bits per heavy atom. The minimum atomic E-state index is 0.738. The predicted molar refractivity (Wildman–Crippen MR) is 71.1 cm³/mol. The van der Waals surface area contributed by atoms with E-state index < -0.39 is 0 Å². The Balaban J connectivity index is 2.38. The number of nitrogens with zero attached hydrogens (tertiary/aromatic N) is 1. The summed E-state index contributed by atoms with van der Waals surface area (Å²) < 4.78 is 0. The molecule has 0 saturated carbocycles. The van der Waals surface area contributed by atoms with Crippen molar-refractivity contribution in [3.63, 3.8) is 0 Å². The van der Waals surface area contributed by atoms with Crippen molar-refractivity contribution in [3.8, 4) is 17.3 Å². The fourth-order valence-electron chi connectivity index (χ4n) is 2.08. The first-order valence-electron chi connectivity index (χ1n) is 5.35. The molecule has 0 aliphatic heterocycles. The van der Waals surface area contributed by atoms with Crippen molar-refractivity contribution in [2.45, 2.75) is 6.92 Å². The highest BCUT2D eigenvalue weighted by Gasteiger charge is 2.14. The highest BCUT2D eigenvalue weighted by atomic mass is 32.1. The first kappa shape index (κ1) is 10.1. The third-order valence-corrected chi connectivity index (χ3v) is 3.80. The number of aromatic amines is 1. The lowest BCUT2D eigenvalue weighted by atomic mass is 10.1. The van der Waals surface area contributed by atoms with Crippen LogP contribution in [0.2, 0.25) is 0 Å². The van der Waals surface area contributed by atoms with Crippen LogP contribution in [-0.2, 0) is 0 Å². The Morgan fingerprint density at radius 1 is 1.24 bits per heavy atom. The highest BCUT2D eigenvalue weighted by molar-refractivity contribution is 7.08. The summed E-state index contributed by atoms with van der Waals surface area (Å²) in [5.41, 5.74) is 5.03.